The minimum Gasteiger partial charge on any atom is -0.325 e. The molecule has 0 aliphatic carbocycles. The number of hydrogen-bond acceptors (Lipinski definition) is 2. The van der Waals surface area contributed by atoms with Crippen molar-refractivity contribution in [3.8, 4) is 0 Å². The fourth-order valence-electron chi connectivity index (χ4n) is 2.77. The smallest absolute Gasteiger partial charge is 0.254 e. The highest BCUT2D eigenvalue weighted by atomic mass is 35.5. The van der Waals surface area contributed by atoms with E-state index >= 15 is 0 Å². The van der Waals surface area contributed by atoms with Crippen molar-refractivity contribution in [2.75, 3.05) is 11.9 Å². The van der Waals surface area contributed by atoms with Crippen molar-refractivity contribution in [1.82, 2.24) is 4.90 Å². The quantitative estimate of drug-likeness (QED) is 0.567. The first kappa shape index (κ1) is 20.8. The third kappa shape index (κ3) is 6.04. The van der Waals surface area contributed by atoms with Crippen molar-refractivity contribution in [3.05, 3.63) is 99.8 Å². The van der Waals surface area contributed by atoms with E-state index < -0.39 is 11.7 Å². The highest BCUT2D eigenvalue weighted by Crippen LogP contribution is 2.17. The van der Waals surface area contributed by atoms with E-state index in [4.69, 9.17) is 23.2 Å². The largest absolute Gasteiger partial charge is 0.325 e. The molecule has 3 rings (SSSR count). The van der Waals surface area contributed by atoms with Gasteiger partial charge < -0.3 is 10.2 Å². The second-order valence-electron chi connectivity index (χ2n) is 6.36. The number of halogens is 3. The summed E-state index contributed by atoms with van der Waals surface area (Å²) in [6.45, 7) is -0.146. The van der Waals surface area contributed by atoms with Crippen LogP contribution in [-0.4, -0.2) is 23.3 Å². The molecule has 0 radical (unpaired) electrons. The van der Waals surface area contributed by atoms with Crippen molar-refractivity contribution in [2.24, 2.45) is 0 Å². The molecule has 1 N–H and O–H groups in total. The van der Waals surface area contributed by atoms with Crippen LogP contribution in [-0.2, 0) is 11.3 Å². The molecule has 3 aromatic carbocycles. The average molecular weight is 431 g/mol. The molecule has 0 fully saturated rings. The first-order valence-corrected chi connectivity index (χ1v) is 9.51. The molecule has 0 heterocycles. The van der Waals surface area contributed by atoms with E-state index in [0.29, 0.717) is 26.9 Å². The van der Waals surface area contributed by atoms with E-state index in [1.165, 1.54) is 17.0 Å². The lowest BCUT2D eigenvalue weighted by atomic mass is 10.1. The fourth-order valence-corrected chi connectivity index (χ4v) is 3.09. The second kappa shape index (κ2) is 9.54. The van der Waals surface area contributed by atoms with Crippen LogP contribution in [0, 0.1) is 5.82 Å². The van der Waals surface area contributed by atoms with Crippen molar-refractivity contribution < 1.29 is 14.0 Å². The maximum absolute atomic E-state index is 13.6. The molecule has 4 nitrogen and oxygen atoms in total. The van der Waals surface area contributed by atoms with Crippen LogP contribution in [0.5, 0.6) is 0 Å². The number of benzene rings is 3. The highest BCUT2D eigenvalue weighted by molar-refractivity contribution is 6.31. The molecule has 3 aromatic rings. The molecule has 0 bridgehead atoms. The first-order valence-electron chi connectivity index (χ1n) is 8.75. The predicted molar refractivity (Wildman–Crippen MR) is 113 cm³/mol. The molecule has 0 atom stereocenters. The van der Waals surface area contributed by atoms with Crippen LogP contribution in [0.1, 0.15) is 15.9 Å². The summed E-state index contributed by atoms with van der Waals surface area (Å²) in [6, 6.07) is 19.0. The van der Waals surface area contributed by atoms with Crippen LogP contribution >= 0.6 is 23.2 Å². The Morgan fingerprint density at radius 3 is 2.31 bits per heavy atom. The van der Waals surface area contributed by atoms with Gasteiger partial charge in [0.25, 0.3) is 5.91 Å². The topological polar surface area (TPSA) is 49.4 Å². The van der Waals surface area contributed by atoms with Gasteiger partial charge in [-0.15, -0.1) is 0 Å². The van der Waals surface area contributed by atoms with Gasteiger partial charge in [0.15, 0.2) is 0 Å². The number of amides is 2. The van der Waals surface area contributed by atoms with Crippen molar-refractivity contribution >= 4 is 40.7 Å². The van der Waals surface area contributed by atoms with Gasteiger partial charge >= 0.3 is 0 Å². The number of carbonyl (C=O) groups is 2. The summed E-state index contributed by atoms with van der Waals surface area (Å²) in [7, 11) is 0. The summed E-state index contributed by atoms with van der Waals surface area (Å²) in [5, 5.41) is 3.69. The van der Waals surface area contributed by atoms with E-state index in [0.717, 1.165) is 0 Å². The van der Waals surface area contributed by atoms with Gasteiger partial charge in [0, 0.05) is 27.8 Å². The van der Waals surface area contributed by atoms with E-state index in [2.05, 4.69) is 5.32 Å². The van der Waals surface area contributed by atoms with Crippen LogP contribution in [0.25, 0.3) is 0 Å². The third-order valence-corrected chi connectivity index (χ3v) is 4.57. The summed E-state index contributed by atoms with van der Waals surface area (Å²) in [4.78, 5) is 26.9. The minimum atomic E-state index is -0.412. The first-order chi connectivity index (χ1) is 13.9. The molecule has 148 valence electrons. The Hall–Kier alpha value is -2.89. The standard InChI is InChI=1S/C22H17Cl2FN2O2/c23-17-9-7-16(8-10-17)22(29)27(13-15-3-1-5-19(25)11-15)14-21(28)26-20-6-2-4-18(24)12-20/h1-12H,13-14H2,(H,26,28). The maximum Gasteiger partial charge on any atom is 0.254 e. The summed E-state index contributed by atoms with van der Waals surface area (Å²) in [6.07, 6.45) is 0. The summed E-state index contributed by atoms with van der Waals surface area (Å²) >= 11 is 11.8. The lowest BCUT2D eigenvalue weighted by molar-refractivity contribution is -0.117. The molecular formula is C22H17Cl2FN2O2. The number of anilines is 1. The zero-order chi connectivity index (χ0) is 20.8. The van der Waals surface area contributed by atoms with Gasteiger partial charge in [0.2, 0.25) is 5.91 Å². The lowest BCUT2D eigenvalue weighted by Gasteiger charge is -2.22. The molecule has 29 heavy (non-hydrogen) atoms. The van der Waals surface area contributed by atoms with Crippen molar-refractivity contribution in [1.29, 1.82) is 0 Å². The molecule has 0 spiro atoms. The van der Waals surface area contributed by atoms with Crippen LogP contribution < -0.4 is 5.32 Å². The van der Waals surface area contributed by atoms with Gasteiger partial charge in [-0.2, -0.15) is 0 Å². The molecular weight excluding hydrogens is 414 g/mol. The summed E-state index contributed by atoms with van der Waals surface area (Å²) in [5.41, 5.74) is 1.47. The Balaban J connectivity index is 1.80. The molecule has 0 aliphatic rings. The molecule has 2 amide bonds. The zero-order valence-corrected chi connectivity index (χ0v) is 16.8. The van der Waals surface area contributed by atoms with Crippen molar-refractivity contribution in [3.63, 3.8) is 0 Å². The van der Waals surface area contributed by atoms with Gasteiger partial charge in [-0.05, 0) is 60.2 Å². The van der Waals surface area contributed by atoms with E-state index in [1.54, 1.807) is 60.7 Å². The fraction of sp³-hybridized carbons (Fsp3) is 0.0909. The van der Waals surface area contributed by atoms with Crippen LogP contribution in [0.15, 0.2) is 72.8 Å². The molecule has 0 saturated heterocycles. The highest BCUT2D eigenvalue weighted by Gasteiger charge is 2.20. The predicted octanol–water partition coefficient (Wildman–Crippen LogP) is 5.41. The number of carbonyl (C=O) groups excluding carboxylic acids is 2. The molecule has 7 heteroatoms. The Kier molecular flexibility index (Phi) is 6.86. The van der Waals surface area contributed by atoms with Gasteiger partial charge in [-0.25, -0.2) is 4.39 Å². The normalized spacial score (nSPS) is 10.4. The lowest BCUT2D eigenvalue weighted by Crippen LogP contribution is -2.37. The molecule has 0 aliphatic heterocycles. The second-order valence-corrected chi connectivity index (χ2v) is 7.23. The Morgan fingerprint density at radius 2 is 1.62 bits per heavy atom. The van der Waals surface area contributed by atoms with Crippen molar-refractivity contribution in [2.45, 2.75) is 6.54 Å². The van der Waals surface area contributed by atoms with Gasteiger partial charge in [0.05, 0.1) is 0 Å². The van der Waals surface area contributed by atoms with Gasteiger partial charge in [0.1, 0.15) is 12.4 Å². The van der Waals surface area contributed by atoms with Gasteiger partial charge in [-0.3, -0.25) is 9.59 Å². The Bertz CT molecular complexity index is 1030. The van der Waals surface area contributed by atoms with Crippen LogP contribution in [0.4, 0.5) is 10.1 Å². The molecule has 0 aromatic heterocycles. The number of hydrogen-bond donors (Lipinski definition) is 1. The number of nitrogens with zero attached hydrogens (tertiary/aromatic N) is 1. The van der Waals surface area contributed by atoms with Crippen LogP contribution in [0.3, 0.4) is 0 Å². The minimum absolute atomic E-state index is 0.0716. The summed E-state index contributed by atoms with van der Waals surface area (Å²) in [5.74, 6) is -1.18. The monoisotopic (exact) mass is 430 g/mol. The Labute approximate surface area is 177 Å². The Morgan fingerprint density at radius 1 is 0.897 bits per heavy atom. The average Bonchev–Trinajstić information content (AvgIpc) is 2.67. The SMILES string of the molecule is O=C(CN(Cc1cccc(F)c1)C(=O)c1ccc(Cl)cc1)Nc1cccc(Cl)c1. The zero-order valence-electron chi connectivity index (χ0n) is 15.2. The maximum atomic E-state index is 13.6. The number of nitrogens with one attached hydrogen (secondary N) is 1. The van der Waals surface area contributed by atoms with E-state index in [9.17, 15) is 14.0 Å². The number of rotatable bonds is 6. The van der Waals surface area contributed by atoms with Gasteiger partial charge in [-0.1, -0.05) is 41.4 Å². The van der Waals surface area contributed by atoms with E-state index in [1.807, 2.05) is 0 Å². The molecule has 0 unspecified atom stereocenters. The third-order valence-electron chi connectivity index (χ3n) is 4.08. The van der Waals surface area contributed by atoms with E-state index in [-0.39, 0.29) is 19.0 Å². The van der Waals surface area contributed by atoms with Crippen LogP contribution in [0.2, 0.25) is 10.0 Å². The summed E-state index contributed by atoms with van der Waals surface area (Å²) < 4.78 is 13.6. The molecule has 0 saturated carbocycles.